The predicted octanol–water partition coefficient (Wildman–Crippen LogP) is 3.09. The van der Waals surface area contributed by atoms with Gasteiger partial charge in [-0.3, -0.25) is 24.3 Å². The molecule has 2 aromatic heterocycles. The number of nitrogens with zero attached hydrogens (tertiary/aromatic N) is 2. The predicted molar refractivity (Wildman–Crippen MR) is 115 cm³/mol. The van der Waals surface area contributed by atoms with Gasteiger partial charge >= 0.3 is 0 Å². The van der Waals surface area contributed by atoms with Crippen LogP contribution in [0.2, 0.25) is 0 Å². The number of anilines is 1. The molecule has 0 atom stereocenters. The molecule has 1 aliphatic rings. The van der Waals surface area contributed by atoms with Crippen molar-refractivity contribution in [1.29, 1.82) is 0 Å². The van der Waals surface area contributed by atoms with Crippen LogP contribution in [0.1, 0.15) is 20.7 Å². The number of pyridine rings is 1. The van der Waals surface area contributed by atoms with Gasteiger partial charge in [-0.1, -0.05) is 42.5 Å². The molecular weight excluding hydrogens is 400 g/mol. The standard InChI is InChI=1S/C22H14N4O3S/c23-19-18-15(20(28)25-21(18)29)10-17(27)26(19)14-8-4-7-13(9-14)22-24-16(11-30-22)12-5-2-1-3-6-12/h1-11H,23H2,(H,25,28,29). The van der Waals surface area contributed by atoms with E-state index in [1.54, 1.807) is 18.2 Å². The van der Waals surface area contributed by atoms with Gasteiger partial charge in [-0.05, 0) is 12.1 Å². The first-order valence-corrected chi connectivity index (χ1v) is 9.94. The summed E-state index contributed by atoms with van der Waals surface area (Å²) in [4.78, 5) is 41.3. The van der Waals surface area contributed by atoms with Crippen molar-refractivity contribution in [2.24, 2.45) is 0 Å². The maximum absolute atomic E-state index is 12.7. The van der Waals surface area contributed by atoms with Gasteiger partial charge in [0.25, 0.3) is 17.4 Å². The topological polar surface area (TPSA) is 107 Å². The number of benzene rings is 2. The number of nitrogens with one attached hydrogen (secondary N) is 1. The molecule has 0 unspecified atom stereocenters. The number of carbonyl (C=O) groups is 2. The van der Waals surface area contributed by atoms with Crippen molar-refractivity contribution in [1.82, 2.24) is 14.9 Å². The summed E-state index contributed by atoms with van der Waals surface area (Å²) < 4.78 is 1.23. The van der Waals surface area contributed by atoms with E-state index in [0.29, 0.717) is 5.69 Å². The van der Waals surface area contributed by atoms with E-state index in [0.717, 1.165) is 27.9 Å². The molecule has 0 spiro atoms. The largest absolute Gasteiger partial charge is 0.384 e. The molecule has 0 saturated carbocycles. The van der Waals surface area contributed by atoms with Crippen LogP contribution < -0.4 is 16.6 Å². The van der Waals surface area contributed by atoms with Gasteiger partial charge in [0.15, 0.2) is 0 Å². The van der Waals surface area contributed by atoms with E-state index in [1.165, 1.54) is 15.9 Å². The Bertz CT molecular complexity index is 1390. The first kappa shape index (κ1) is 18.0. The Balaban J connectivity index is 1.60. The minimum atomic E-state index is -0.615. The third kappa shape index (κ3) is 2.82. The third-order valence-corrected chi connectivity index (χ3v) is 5.77. The number of hydrogen-bond acceptors (Lipinski definition) is 6. The molecule has 0 radical (unpaired) electrons. The second-order valence-corrected chi connectivity index (χ2v) is 7.59. The van der Waals surface area contributed by atoms with Crippen LogP contribution in [0.4, 0.5) is 5.82 Å². The molecule has 0 fully saturated rings. The summed E-state index contributed by atoms with van der Waals surface area (Å²) in [5.74, 6) is -1.29. The monoisotopic (exact) mass is 414 g/mol. The minimum absolute atomic E-state index is 0.00216. The van der Waals surface area contributed by atoms with Crippen molar-refractivity contribution in [3.05, 3.63) is 87.5 Å². The number of nitrogen functional groups attached to an aromatic ring is 1. The lowest BCUT2D eigenvalue weighted by molar-refractivity contribution is 0.0880. The molecule has 2 aromatic carbocycles. The third-order valence-electron chi connectivity index (χ3n) is 4.88. The van der Waals surface area contributed by atoms with Gasteiger partial charge in [0.2, 0.25) is 0 Å². The zero-order valence-corrected chi connectivity index (χ0v) is 16.3. The van der Waals surface area contributed by atoms with Crippen LogP contribution >= 0.6 is 11.3 Å². The first-order valence-electron chi connectivity index (χ1n) is 9.06. The van der Waals surface area contributed by atoms with Crippen LogP contribution in [0.3, 0.4) is 0 Å². The second-order valence-electron chi connectivity index (χ2n) is 6.73. The average Bonchev–Trinajstić information content (AvgIpc) is 3.34. The van der Waals surface area contributed by atoms with Crippen LogP contribution in [0.5, 0.6) is 0 Å². The fraction of sp³-hybridized carbons (Fsp3) is 0. The molecule has 1 aliphatic heterocycles. The lowest BCUT2D eigenvalue weighted by Crippen LogP contribution is -2.24. The van der Waals surface area contributed by atoms with Crippen molar-refractivity contribution < 1.29 is 9.59 Å². The van der Waals surface area contributed by atoms with Crippen molar-refractivity contribution in [2.45, 2.75) is 0 Å². The molecule has 8 heteroatoms. The number of nitrogens with two attached hydrogens (primary N) is 1. The number of thiazole rings is 1. The van der Waals surface area contributed by atoms with E-state index in [9.17, 15) is 14.4 Å². The summed E-state index contributed by atoms with van der Waals surface area (Å²) >= 11 is 1.49. The molecule has 0 aliphatic carbocycles. The summed E-state index contributed by atoms with van der Waals surface area (Å²) in [5, 5.41) is 4.93. The van der Waals surface area contributed by atoms with Crippen LogP contribution in [-0.4, -0.2) is 21.4 Å². The Morgan fingerprint density at radius 1 is 0.900 bits per heavy atom. The molecule has 3 heterocycles. The highest BCUT2D eigenvalue weighted by atomic mass is 32.1. The normalized spacial score (nSPS) is 12.7. The maximum Gasteiger partial charge on any atom is 0.262 e. The molecule has 5 rings (SSSR count). The van der Waals surface area contributed by atoms with Crippen molar-refractivity contribution in [3.63, 3.8) is 0 Å². The van der Waals surface area contributed by atoms with E-state index >= 15 is 0 Å². The molecule has 7 nitrogen and oxygen atoms in total. The first-order chi connectivity index (χ1) is 14.5. The van der Waals surface area contributed by atoms with E-state index < -0.39 is 17.4 Å². The van der Waals surface area contributed by atoms with Gasteiger partial charge in [0.1, 0.15) is 10.8 Å². The SMILES string of the molecule is Nc1c2c(cc(=O)n1-c1cccc(-c3nc(-c4ccccc4)cs3)c1)C(=O)NC2=O. The van der Waals surface area contributed by atoms with Crippen molar-refractivity contribution in [3.8, 4) is 27.5 Å². The van der Waals surface area contributed by atoms with Gasteiger partial charge in [0, 0.05) is 22.6 Å². The Kier molecular flexibility index (Phi) is 4.07. The molecule has 3 N–H and O–H groups in total. The average molecular weight is 414 g/mol. The van der Waals surface area contributed by atoms with E-state index in [4.69, 9.17) is 10.7 Å². The summed E-state index contributed by atoms with van der Waals surface area (Å²) in [6.07, 6.45) is 0. The fourth-order valence-corrected chi connectivity index (χ4v) is 4.30. The number of aromatic nitrogens is 2. The number of fused-ring (bicyclic) bond motifs is 1. The maximum atomic E-state index is 12.7. The van der Waals surface area contributed by atoms with Gasteiger partial charge < -0.3 is 5.73 Å². The molecule has 0 bridgehead atoms. The van der Waals surface area contributed by atoms with Crippen LogP contribution in [0.25, 0.3) is 27.5 Å². The molecule has 146 valence electrons. The zero-order chi connectivity index (χ0) is 20.8. The quantitative estimate of drug-likeness (QED) is 0.501. The van der Waals surface area contributed by atoms with Crippen LogP contribution in [0.15, 0.2) is 70.8 Å². The highest BCUT2D eigenvalue weighted by Crippen LogP contribution is 2.30. The Morgan fingerprint density at radius 3 is 2.47 bits per heavy atom. The Hall–Kier alpha value is -4.04. The number of hydrogen-bond donors (Lipinski definition) is 2. The minimum Gasteiger partial charge on any atom is -0.384 e. The summed E-state index contributed by atoms with van der Waals surface area (Å²) in [5.41, 5.74) is 8.84. The summed E-state index contributed by atoms with van der Waals surface area (Å²) in [6, 6.07) is 18.2. The van der Waals surface area contributed by atoms with E-state index in [-0.39, 0.29) is 16.9 Å². The molecular formula is C22H14N4O3S. The lowest BCUT2D eigenvalue weighted by atomic mass is 10.1. The summed E-state index contributed by atoms with van der Waals surface area (Å²) in [6.45, 7) is 0. The van der Waals surface area contributed by atoms with Gasteiger partial charge in [-0.2, -0.15) is 0 Å². The highest BCUT2D eigenvalue weighted by Gasteiger charge is 2.31. The highest BCUT2D eigenvalue weighted by molar-refractivity contribution is 7.13. The zero-order valence-electron chi connectivity index (χ0n) is 15.5. The Labute approximate surface area is 174 Å². The number of carbonyl (C=O) groups excluding carboxylic acids is 2. The molecule has 30 heavy (non-hydrogen) atoms. The van der Waals surface area contributed by atoms with Crippen molar-refractivity contribution >= 4 is 29.0 Å². The van der Waals surface area contributed by atoms with Crippen molar-refractivity contribution in [2.75, 3.05) is 5.73 Å². The van der Waals surface area contributed by atoms with Gasteiger partial charge in [-0.15, -0.1) is 11.3 Å². The number of rotatable bonds is 3. The van der Waals surface area contributed by atoms with Crippen LogP contribution in [-0.2, 0) is 0 Å². The molecule has 0 saturated heterocycles. The second kappa shape index (κ2) is 6.78. The number of amides is 2. The lowest BCUT2D eigenvalue weighted by Gasteiger charge is -2.12. The number of imide groups is 1. The smallest absolute Gasteiger partial charge is 0.262 e. The van der Waals surface area contributed by atoms with E-state index in [1.807, 2.05) is 41.8 Å². The van der Waals surface area contributed by atoms with Gasteiger partial charge in [-0.25, -0.2) is 4.98 Å². The molecule has 2 amide bonds. The fourth-order valence-electron chi connectivity index (χ4n) is 3.47. The van der Waals surface area contributed by atoms with E-state index in [2.05, 4.69) is 5.32 Å². The summed E-state index contributed by atoms with van der Waals surface area (Å²) in [7, 11) is 0. The van der Waals surface area contributed by atoms with Crippen LogP contribution in [0, 0.1) is 0 Å². The Morgan fingerprint density at radius 2 is 1.67 bits per heavy atom. The van der Waals surface area contributed by atoms with Gasteiger partial charge in [0.05, 0.1) is 22.5 Å². The molecule has 4 aromatic rings.